The smallest absolute Gasteiger partial charge is 0.247 e. The first-order valence-corrected chi connectivity index (χ1v) is 5.32. The molecule has 2 aromatic rings. The zero-order valence-corrected chi connectivity index (χ0v) is 9.58. The molecule has 1 N–H and O–H groups in total. The average Bonchev–Trinajstić information content (AvgIpc) is 2.62. The Balaban J connectivity index is 2.72. The highest BCUT2D eigenvalue weighted by atomic mass is 79.9. The molecule has 0 aliphatic rings. The lowest BCUT2D eigenvalue weighted by molar-refractivity contribution is -0.686. The summed E-state index contributed by atoms with van der Waals surface area (Å²) in [4.78, 5) is 3.22. The number of allylic oxidation sites excluding steroid dienone is 1. The molecule has 14 heavy (non-hydrogen) atoms. The van der Waals surface area contributed by atoms with Crippen LogP contribution < -0.4 is 4.57 Å². The van der Waals surface area contributed by atoms with Gasteiger partial charge in [0, 0.05) is 0 Å². The van der Waals surface area contributed by atoms with Gasteiger partial charge in [-0.05, 0) is 41.1 Å². The van der Waals surface area contributed by atoms with Crippen molar-refractivity contribution in [3.05, 3.63) is 41.7 Å². The number of hydrogen-bond donors (Lipinski definition) is 1. The van der Waals surface area contributed by atoms with Crippen LogP contribution in [0, 0.1) is 0 Å². The van der Waals surface area contributed by atoms with Gasteiger partial charge < -0.3 is 0 Å². The molecule has 0 aliphatic heterocycles. The van der Waals surface area contributed by atoms with E-state index < -0.39 is 0 Å². The maximum Gasteiger partial charge on any atom is 0.287 e. The van der Waals surface area contributed by atoms with Crippen molar-refractivity contribution in [2.75, 3.05) is 0 Å². The van der Waals surface area contributed by atoms with E-state index in [2.05, 4.69) is 57.3 Å². The van der Waals surface area contributed by atoms with Crippen molar-refractivity contribution in [1.29, 1.82) is 0 Å². The first-order chi connectivity index (χ1) is 6.72. The molecule has 1 atom stereocenters. The molecule has 0 amide bonds. The number of pyridine rings is 1. The normalized spacial score (nSPS) is 13.0. The third kappa shape index (κ3) is 1.48. The maximum atomic E-state index is 3.81. The SMILES string of the molecule is C=CC(C)[n+]1cc(Br)cc2cc[nH]c21. The van der Waals surface area contributed by atoms with Gasteiger partial charge in [0.2, 0.25) is 0 Å². The van der Waals surface area contributed by atoms with E-state index in [1.165, 1.54) is 5.39 Å². The summed E-state index contributed by atoms with van der Waals surface area (Å²) in [6, 6.07) is 4.44. The van der Waals surface area contributed by atoms with E-state index in [9.17, 15) is 0 Å². The number of nitrogens with one attached hydrogen (secondary N) is 1. The minimum Gasteiger partial charge on any atom is -0.247 e. The molecule has 72 valence electrons. The Hall–Kier alpha value is -1.09. The van der Waals surface area contributed by atoms with Gasteiger partial charge in [-0.3, -0.25) is 0 Å². The van der Waals surface area contributed by atoms with E-state index in [1.54, 1.807) is 0 Å². The Labute approximate surface area is 91.4 Å². The summed E-state index contributed by atoms with van der Waals surface area (Å²) in [5.41, 5.74) is 1.13. The van der Waals surface area contributed by atoms with E-state index in [4.69, 9.17) is 0 Å². The molecule has 1 unspecified atom stereocenters. The largest absolute Gasteiger partial charge is 0.287 e. The second-order valence-electron chi connectivity index (χ2n) is 3.32. The Morgan fingerprint density at radius 1 is 1.64 bits per heavy atom. The Morgan fingerprint density at radius 2 is 2.43 bits per heavy atom. The summed E-state index contributed by atoms with van der Waals surface area (Å²) in [6.45, 7) is 5.92. The number of aromatic amines is 1. The van der Waals surface area contributed by atoms with Gasteiger partial charge in [0.15, 0.2) is 0 Å². The molecule has 0 fully saturated rings. The van der Waals surface area contributed by atoms with Crippen LogP contribution in [0.5, 0.6) is 0 Å². The molecule has 0 radical (unpaired) electrons. The molecule has 2 nitrogen and oxygen atoms in total. The fraction of sp³-hybridized carbons (Fsp3) is 0.182. The van der Waals surface area contributed by atoms with Crippen molar-refractivity contribution in [2.45, 2.75) is 13.0 Å². The highest BCUT2D eigenvalue weighted by Gasteiger charge is 2.13. The van der Waals surface area contributed by atoms with E-state index >= 15 is 0 Å². The van der Waals surface area contributed by atoms with Gasteiger partial charge in [-0.2, -0.15) is 0 Å². The fourth-order valence-corrected chi connectivity index (χ4v) is 2.00. The highest BCUT2D eigenvalue weighted by molar-refractivity contribution is 9.10. The van der Waals surface area contributed by atoms with Crippen LogP contribution in [0.15, 0.2) is 41.7 Å². The number of aromatic nitrogens is 2. The van der Waals surface area contributed by atoms with Gasteiger partial charge in [-0.15, -0.1) is 0 Å². The first-order valence-electron chi connectivity index (χ1n) is 4.52. The Kier molecular flexibility index (Phi) is 2.42. The van der Waals surface area contributed by atoms with Gasteiger partial charge in [0.05, 0.1) is 16.1 Å². The van der Waals surface area contributed by atoms with Gasteiger partial charge in [-0.25, -0.2) is 9.55 Å². The van der Waals surface area contributed by atoms with Crippen LogP contribution in [-0.2, 0) is 0 Å². The number of fused-ring (bicyclic) bond motifs is 1. The van der Waals surface area contributed by atoms with Crippen LogP contribution in [0.1, 0.15) is 13.0 Å². The minimum absolute atomic E-state index is 0.286. The van der Waals surface area contributed by atoms with Gasteiger partial charge in [-0.1, -0.05) is 6.58 Å². The summed E-state index contributed by atoms with van der Waals surface area (Å²) in [5, 5.41) is 1.20. The third-order valence-electron chi connectivity index (χ3n) is 2.35. The monoisotopic (exact) mass is 251 g/mol. The van der Waals surface area contributed by atoms with Gasteiger partial charge in [0.1, 0.15) is 12.2 Å². The van der Waals surface area contributed by atoms with Gasteiger partial charge in [0.25, 0.3) is 5.65 Å². The van der Waals surface area contributed by atoms with E-state index in [0.29, 0.717) is 0 Å². The van der Waals surface area contributed by atoms with Crippen molar-refractivity contribution in [3.63, 3.8) is 0 Å². The molecule has 2 heterocycles. The molecular formula is C11H12BrN2+. The number of nitrogens with zero attached hydrogens (tertiary/aromatic N) is 1. The zero-order valence-electron chi connectivity index (χ0n) is 8.00. The average molecular weight is 252 g/mol. The molecule has 2 aromatic heterocycles. The molecule has 0 spiro atoms. The first kappa shape index (κ1) is 9.46. The zero-order chi connectivity index (χ0) is 10.1. The van der Waals surface area contributed by atoms with Crippen LogP contribution >= 0.6 is 15.9 Å². The Bertz CT molecular complexity index is 473. The third-order valence-corrected chi connectivity index (χ3v) is 2.78. The van der Waals surface area contributed by atoms with E-state index in [1.807, 2.05) is 12.3 Å². The quantitative estimate of drug-likeness (QED) is 0.626. The fourth-order valence-electron chi connectivity index (χ4n) is 1.53. The molecule has 0 aromatic carbocycles. The lowest BCUT2D eigenvalue weighted by atomic mass is 10.3. The molecule has 3 heteroatoms. The van der Waals surface area contributed by atoms with Crippen molar-refractivity contribution < 1.29 is 4.57 Å². The van der Waals surface area contributed by atoms with Crippen LogP contribution in [0.2, 0.25) is 0 Å². The minimum atomic E-state index is 0.286. The second kappa shape index (κ2) is 3.58. The maximum absolute atomic E-state index is 3.81. The molecular weight excluding hydrogens is 240 g/mol. The van der Waals surface area contributed by atoms with Crippen LogP contribution in [0.4, 0.5) is 0 Å². The lowest BCUT2D eigenvalue weighted by Gasteiger charge is -2.06. The van der Waals surface area contributed by atoms with Crippen molar-refractivity contribution in [3.8, 4) is 0 Å². The van der Waals surface area contributed by atoms with E-state index in [-0.39, 0.29) is 6.04 Å². The number of halogens is 1. The van der Waals surface area contributed by atoms with Crippen LogP contribution in [0.3, 0.4) is 0 Å². The predicted molar refractivity (Wildman–Crippen MR) is 61.1 cm³/mol. The molecule has 0 saturated heterocycles. The second-order valence-corrected chi connectivity index (χ2v) is 4.24. The summed E-state index contributed by atoms with van der Waals surface area (Å²) in [7, 11) is 0. The van der Waals surface area contributed by atoms with E-state index in [0.717, 1.165) is 10.1 Å². The predicted octanol–water partition coefficient (Wildman–Crippen LogP) is 2.96. The summed E-state index contributed by atoms with van der Waals surface area (Å²) >= 11 is 3.50. The number of hydrogen-bond acceptors (Lipinski definition) is 0. The molecule has 0 saturated carbocycles. The summed E-state index contributed by atoms with van der Waals surface area (Å²) in [6.07, 6.45) is 5.93. The van der Waals surface area contributed by atoms with Crippen molar-refractivity contribution in [1.82, 2.24) is 4.98 Å². The topological polar surface area (TPSA) is 19.7 Å². The number of rotatable bonds is 2. The standard InChI is InChI=1S/C11H11BrN2/c1-3-8(2)14-7-10(12)6-9-4-5-13-11(9)14/h3-8H,1H2,2H3/p+1. The van der Waals surface area contributed by atoms with Gasteiger partial charge >= 0.3 is 0 Å². The number of H-pyrrole nitrogens is 1. The Morgan fingerprint density at radius 3 is 3.14 bits per heavy atom. The highest BCUT2D eigenvalue weighted by Crippen LogP contribution is 2.16. The molecule has 0 bridgehead atoms. The summed E-state index contributed by atoms with van der Waals surface area (Å²) in [5.74, 6) is 0. The van der Waals surface area contributed by atoms with Crippen molar-refractivity contribution in [2.24, 2.45) is 0 Å². The van der Waals surface area contributed by atoms with Crippen molar-refractivity contribution >= 4 is 27.0 Å². The molecule has 0 aliphatic carbocycles. The van der Waals surface area contributed by atoms with Crippen LogP contribution in [0.25, 0.3) is 11.0 Å². The lowest BCUT2D eigenvalue weighted by Crippen LogP contribution is -2.37. The summed E-state index contributed by atoms with van der Waals surface area (Å²) < 4.78 is 3.24. The van der Waals surface area contributed by atoms with Crippen LogP contribution in [-0.4, -0.2) is 4.98 Å². The molecule has 2 rings (SSSR count).